The summed E-state index contributed by atoms with van der Waals surface area (Å²) < 4.78 is 2.41. The number of hydrogen-bond acceptors (Lipinski definition) is 4. The smallest absolute Gasteiger partial charge is 0.111 e. The highest BCUT2D eigenvalue weighted by Crippen LogP contribution is 2.28. The Labute approximate surface area is 135 Å². The van der Waals surface area contributed by atoms with Crippen LogP contribution in [0.15, 0.2) is 36.8 Å². The van der Waals surface area contributed by atoms with Crippen molar-refractivity contribution in [2.45, 2.75) is 31.8 Å². The van der Waals surface area contributed by atoms with Gasteiger partial charge in [0.1, 0.15) is 5.82 Å². The summed E-state index contributed by atoms with van der Waals surface area (Å²) in [6, 6.07) is 7.15. The summed E-state index contributed by atoms with van der Waals surface area (Å²) in [5.74, 6) is 1.24. The third-order valence-electron chi connectivity index (χ3n) is 5.21. The van der Waals surface area contributed by atoms with E-state index in [4.69, 9.17) is 4.98 Å². The zero-order valence-corrected chi connectivity index (χ0v) is 13.0. The number of hydrogen-bond donors (Lipinski definition) is 0. The number of nitrogens with zero attached hydrogens (tertiary/aromatic N) is 5. The van der Waals surface area contributed by atoms with Crippen LogP contribution in [0, 0.1) is 0 Å². The predicted molar refractivity (Wildman–Crippen MR) is 89.1 cm³/mol. The largest absolute Gasteiger partial charge is 0.327 e. The SMILES string of the molecule is c1cnc(-c2ccc3c(c2)nc2n3CCN3CCCC3C2)cn1. The summed E-state index contributed by atoms with van der Waals surface area (Å²) in [6.45, 7) is 3.45. The fourth-order valence-corrected chi connectivity index (χ4v) is 4.05. The van der Waals surface area contributed by atoms with Gasteiger partial charge in [-0.25, -0.2) is 4.98 Å². The molecule has 2 aromatic heterocycles. The third-order valence-corrected chi connectivity index (χ3v) is 5.21. The summed E-state index contributed by atoms with van der Waals surface area (Å²) in [6.07, 6.45) is 8.97. The van der Waals surface area contributed by atoms with E-state index in [0.717, 1.165) is 36.3 Å². The van der Waals surface area contributed by atoms with E-state index in [1.165, 1.54) is 30.7 Å². The topological polar surface area (TPSA) is 46.8 Å². The van der Waals surface area contributed by atoms with Gasteiger partial charge in [0.2, 0.25) is 0 Å². The van der Waals surface area contributed by atoms with Crippen LogP contribution in [0.2, 0.25) is 0 Å². The van der Waals surface area contributed by atoms with Gasteiger partial charge in [0.25, 0.3) is 0 Å². The molecule has 2 aliphatic rings. The first-order valence-electron chi connectivity index (χ1n) is 8.38. The lowest BCUT2D eigenvalue weighted by atomic mass is 10.1. The Bertz CT molecular complexity index is 854. The Morgan fingerprint density at radius 3 is 3.00 bits per heavy atom. The molecule has 0 saturated carbocycles. The minimum Gasteiger partial charge on any atom is -0.327 e. The molecule has 23 heavy (non-hydrogen) atoms. The highest BCUT2D eigenvalue weighted by molar-refractivity contribution is 5.81. The first-order chi connectivity index (χ1) is 11.4. The van der Waals surface area contributed by atoms with E-state index in [1.807, 2.05) is 0 Å². The molecule has 2 aliphatic heterocycles. The van der Waals surface area contributed by atoms with Crippen molar-refractivity contribution in [3.8, 4) is 11.3 Å². The zero-order chi connectivity index (χ0) is 15.2. The van der Waals surface area contributed by atoms with Crippen LogP contribution in [0.25, 0.3) is 22.3 Å². The molecule has 1 aromatic carbocycles. The Kier molecular flexibility index (Phi) is 2.94. The average Bonchev–Trinajstić information content (AvgIpc) is 3.14. The van der Waals surface area contributed by atoms with Gasteiger partial charge in [-0.3, -0.25) is 14.9 Å². The Hall–Kier alpha value is -2.27. The quantitative estimate of drug-likeness (QED) is 0.693. The molecule has 0 bridgehead atoms. The molecule has 0 aliphatic carbocycles. The lowest BCUT2D eigenvalue weighted by Crippen LogP contribution is -2.30. The van der Waals surface area contributed by atoms with Crippen molar-refractivity contribution in [1.29, 1.82) is 0 Å². The van der Waals surface area contributed by atoms with E-state index in [2.05, 4.69) is 37.6 Å². The monoisotopic (exact) mass is 305 g/mol. The Morgan fingerprint density at radius 1 is 1.09 bits per heavy atom. The van der Waals surface area contributed by atoms with Gasteiger partial charge in [0.15, 0.2) is 0 Å². The van der Waals surface area contributed by atoms with Gasteiger partial charge >= 0.3 is 0 Å². The van der Waals surface area contributed by atoms with Gasteiger partial charge < -0.3 is 4.57 Å². The van der Waals surface area contributed by atoms with Crippen LogP contribution in [0.1, 0.15) is 18.7 Å². The van der Waals surface area contributed by atoms with Crippen LogP contribution in [-0.4, -0.2) is 43.6 Å². The molecule has 1 atom stereocenters. The van der Waals surface area contributed by atoms with Gasteiger partial charge in [0, 0.05) is 43.5 Å². The summed E-state index contributed by atoms with van der Waals surface area (Å²) in [4.78, 5) is 16.1. The molecule has 0 N–H and O–H groups in total. The van der Waals surface area contributed by atoms with Crippen LogP contribution in [0.5, 0.6) is 0 Å². The molecular weight excluding hydrogens is 286 g/mol. The second-order valence-corrected chi connectivity index (χ2v) is 6.51. The molecule has 116 valence electrons. The molecule has 1 fully saturated rings. The van der Waals surface area contributed by atoms with Crippen molar-refractivity contribution in [2.24, 2.45) is 0 Å². The lowest BCUT2D eigenvalue weighted by Gasteiger charge is -2.20. The number of benzene rings is 1. The average molecular weight is 305 g/mol. The van der Waals surface area contributed by atoms with Crippen molar-refractivity contribution in [3.05, 3.63) is 42.6 Å². The molecule has 0 amide bonds. The summed E-state index contributed by atoms with van der Waals surface area (Å²) in [7, 11) is 0. The van der Waals surface area contributed by atoms with E-state index in [0.29, 0.717) is 6.04 Å². The van der Waals surface area contributed by atoms with Gasteiger partial charge in [-0.1, -0.05) is 6.07 Å². The molecule has 0 radical (unpaired) electrons. The van der Waals surface area contributed by atoms with E-state index in [9.17, 15) is 0 Å². The van der Waals surface area contributed by atoms with Crippen molar-refractivity contribution in [3.63, 3.8) is 0 Å². The molecule has 5 rings (SSSR count). The van der Waals surface area contributed by atoms with Crippen molar-refractivity contribution in [1.82, 2.24) is 24.4 Å². The normalized spacial score (nSPS) is 21.1. The minimum absolute atomic E-state index is 0.688. The highest BCUT2D eigenvalue weighted by Gasteiger charge is 2.29. The van der Waals surface area contributed by atoms with Crippen molar-refractivity contribution in [2.75, 3.05) is 13.1 Å². The lowest BCUT2D eigenvalue weighted by molar-refractivity contribution is 0.258. The summed E-state index contributed by atoms with van der Waals surface area (Å²) in [5.41, 5.74) is 4.31. The predicted octanol–water partition coefficient (Wildman–Crippen LogP) is 2.51. The second kappa shape index (κ2) is 5.13. The third kappa shape index (κ3) is 2.15. The Morgan fingerprint density at radius 2 is 2.09 bits per heavy atom. The van der Waals surface area contributed by atoms with Gasteiger partial charge in [-0.15, -0.1) is 0 Å². The number of fused-ring (bicyclic) bond motifs is 4. The number of rotatable bonds is 1. The molecule has 0 spiro atoms. The Balaban J connectivity index is 1.58. The second-order valence-electron chi connectivity index (χ2n) is 6.51. The minimum atomic E-state index is 0.688. The maximum absolute atomic E-state index is 4.95. The van der Waals surface area contributed by atoms with E-state index < -0.39 is 0 Å². The van der Waals surface area contributed by atoms with Crippen LogP contribution < -0.4 is 0 Å². The fourth-order valence-electron chi connectivity index (χ4n) is 4.05. The first kappa shape index (κ1) is 13.2. The molecule has 1 unspecified atom stereocenters. The zero-order valence-electron chi connectivity index (χ0n) is 13.0. The van der Waals surface area contributed by atoms with E-state index in [1.54, 1.807) is 18.6 Å². The fraction of sp³-hybridized carbons (Fsp3) is 0.389. The van der Waals surface area contributed by atoms with E-state index >= 15 is 0 Å². The summed E-state index contributed by atoms with van der Waals surface area (Å²) in [5, 5.41) is 0. The molecule has 1 saturated heterocycles. The van der Waals surface area contributed by atoms with Crippen molar-refractivity contribution < 1.29 is 0 Å². The van der Waals surface area contributed by atoms with E-state index in [-0.39, 0.29) is 0 Å². The molecule has 3 aromatic rings. The summed E-state index contributed by atoms with van der Waals surface area (Å²) >= 11 is 0. The number of aromatic nitrogens is 4. The molecule has 4 heterocycles. The number of imidazole rings is 1. The maximum Gasteiger partial charge on any atom is 0.111 e. The maximum atomic E-state index is 4.95. The van der Waals surface area contributed by atoms with Crippen LogP contribution >= 0.6 is 0 Å². The first-order valence-corrected chi connectivity index (χ1v) is 8.38. The molecule has 5 heteroatoms. The van der Waals surface area contributed by atoms with Gasteiger partial charge in [-0.2, -0.15) is 0 Å². The molecule has 5 nitrogen and oxygen atoms in total. The van der Waals surface area contributed by atoms with Gasteiger partial charge in [0.05, 0.1) is 22.9 Å². The highest BCUT2D eigenvalue weighted by atomic mass is 15.2. The molecular formula is C18H19N5. The van der Waals surface area contributed by atoms with Crippen LogP contribution in [0.3, 0.4) is 0 Å². The van der Waals surface area contributed by atoms with Crippen LogP contribution in [-0.2, 0) is 13.0 Å². The van der Waals surface area contributed by atoms with Crippen LogP contribution in [0.4, 0.5) is 0 Å². The standard InChI is InChI=1S/C18H19N5/c1-2-14-11-18-21-15-10-13(16-12-19-5-6-20-16)3-4-17(15)23(18)9-8-22(14)7-1/h3-6,10,12,14H,1-2,7-9,11H2. The van der Waals surface area contributed by atoms with Gasteiger partial charge in [-0.05, 0) is 31.5 Å². The van der Waals surface area contributed by atoms with Crippen molar-refractivity contribution >= 4 is 11.0 Å².